The summed E-state index contributed by atoms with van der Waals surface area (Å²) in [5.74, 6) is 0. The van der Waals surface area contributed by atoms with E-state index in [2.05, 4.69) is 15.9 Å². The van der Waals surface area contributed by atoms with E-state index in [9.17, 15) is 0 Å². The van der Waals surface area contributed by atoms with Crippen LogP contribution in [0.5, 0.6) is 0 Å². The smallest absolute Gasteiger partial charge is 0.0808 e. The Morgan fingerprint density at radius 3 is 2.59 bits per heavy atom. The van der Waals surface area contributed by atoms with Gasteiger partial charge in [-0.05, 0) is 32.1 Å². The zero-order chi connectivity index (χ0) is 12.0. The van der Waals surface area contributed by atoms with E-state index in [0.717, 1.165) is 25.2 Å². The average Bonchev–Trinajstić information content (AvgIpc) is 2.41. The second kappa shape index (κ2) is 7.10. The van der Waals surface area contributed by atoms with Crippen molar-refractivity contribution in [1.29, 1.82) is 0 Å². The Morgan fingerprint density at radius 2 is 1.94 bits per heavy atom. The molecule has 0 aromatic carbocycles. The second-order valence-electron chi connectivity index (χ2n) is 5.70. The maximum atomic E-state index is 5.95. The first kappa shape index (κ1) is 13.8. The zero-order valence-electron chi connectivity index (χ0n) is 10.8. The van der Waals surface area contributed by atoms with Crippen molar-refractivity contribution in [2.24, 2.45) is 5.41 Å². The Kier molecular flexibility index (Phi) is 5.78. The van der Waals surface area contributed by atoms with Gasteiger partial charge in [-0.3, -0.25) is 0 Å². The molecule has 0 aromatic heterocycles. The van der Waals surface area contributed by atoms with Gasteiger partial charge in [-0.2, -0.15) is 0 Å². The highest BCUT2D eigenvalue weighted by molar-refractivity contribution is 9.09. The predicted molar refractivity (Wildman–Crippen MR) is 73.7 cm³/mol. The van der Waals surface area contributed by atoms with E-state index >= 15 is 0 Å². The van der Waals surface area contributed by atoms with Crippen LogP contribution in [0.3, 0.4) is 0 Å². The molecule has 0 N–H and O–H groups in total. The summed E-state index contributed by atoms with van der Waals surface area (Å²) < 4.78 is 11.6. The van der Waals surface area contributed by atoms with Crippen molar-refractivity contribution in [3.05, 3.63) is 0 Å². The minimum atomic E-state index is 0.361. The summed E-state index contributed by atoms with van der Waals surface area (Å²) in [4.78, 5) is 0. The molecule has 1 atom stereocenters. The fourth-order valence-electron chi connectivity index (χ4n) is 2.96. The predicted octanol–water partition coefficient (Wildman–Crippen LogP) is 3.92. The molecule has 1 heterocycles. The minimum Gasteiger partial charge on any atom is -0.378 e. The van der Waals surface area contributed by atoms with Crippen molar-refractivity contribution in [3.8, 4) is 0 Å². The van der Waals surface area contributed by atoms with E-state index < -0.39 is 0 Å². The second-order valence-corrected chi connectivity index (χ2v) is 6.26. The van der Waals surface area contributed by atoms with E-state index in [4.69, 9.17) is 9.47 Å². The van der Waals surface area contributed by atoms with Crippen LogP contribution in [0.15, 0.2) is 0 Å². The number of hydrogen-bond donors (Lipinski definition) is 0. The molecule has 1 saturated carbocycles. The van der Waals surface area contributed by atoms with Crippen LogP contribution < -0.4 is 0 Å². The Bertz CT molecular complexity index is 208. The molecule has 2 fully saturated rings. The molecule has 1 aliphatic carbocycles. The van der Waals surface area contributed by atoms with Crippen LogP contribution in [0.2, 0.25) is 0 Å². The first-order valence-corrected chi connectivity index (χ1v) is 8.22. The molecule has 1 saturated heterocycles. The van der Waals surface area contributed by atoms with Gasteiger partial charge in [-0.1, -0.05) is 35.2 Å². The van der Waals surface area contributed by atoms with Gasteiger partial charge in [0.25, 0.3) is 0 Å². The molecule has 1 aliphatic heterocycles. The fraction of sp³-hybridized carbons (Fsp3) is 1.00. The molecule has 2 aliphatic rings. The lowest BCUT2D eigenvalue weighted by Gasteiger charge is -2.36. The molecule has 0 spiro atoms. The molecule has 0 amide bonds. The lowest BCUT2D eigenvalue weighted by Crippen LogP contribution is -2.33. The van der Waals surface area contributed by atoms with Crippen molar-refractivity contribution < 1.29 is 9.47 Å². The number of rotatable bonds is 5. The summed E-state index contributed by atoms with van der Waals surface area (Å²) in [5.41, 5.74) is 0.410. The Labute approximate surface area is 114 Å². The topological polar surface area (TPSA) is 18.5 Å². The summed E-state index contributed by atoms with van der Waals surface area (Å²) in [6.45, 7) is 2.64. The minimum absolute atomic E-state index is 0.361. The van der Waals surface area contributed by atoms with Crippen molar-refractivity contribution in [1.82, 2.24) is 0 Å². The standard InChI is InChI=1S/C14H25BrO2/c15-11-14(7-3-1-4-8-14)12-16-10-13-6-2-5-9-17-13/h13H,1-12H2. The normalized spacial score (nSPS) is 29.1. The molecule has 0 bridgehead atoms. The molecular weight excluding hydrogens is 280 g/mol. The van der Waals surface area contributed by atoms with Crippen molar-refractivity contribution in [3.63, 3.8) is 0 Å². The lowest BCUT2D eigenvalue weighted by atomic mass is 9.76. The molecule has 2 rings (SSSR count). The van der Waals surface area contributed by atoms with Crippen LogP contribution in [0.1, 0.15) is 51.4 Å². The molecule has 1 unspecified atom stereocenters. The van der Waals surface area contributed by atoms with Gasteiger partial charge < -0.3 is 9.47 Å². The number of ether oxygens (including phenoxy) is 2. The van der Waals surface area contributed by atoms with Gasteiger partial charge >= 0.3 is 0 Å². The number of hydrogen-bond acceptors (Lipinski definition) is 2. The summed E-state index contributed by atoms with van der Waals surface area (Å²) >= 11 is 3.68. The highest BCUT2D eigenvalue weighted by Gasteiger charge is 2.31. The van der Waals surface area contributed by atoms with Crippen molar-refractivity contribution >= 4 is 15.9 Å². The van der Waals surface area contributed by atoms with Crippen molar-refractivity contribution in [2.75, 3.05) is 25.2 Å². The lowest BCUT2D eigenvalue weighted by molar-refractivity contribution is -0.0604. The summed E-state index contributed by atoms with van der Waals surface area (Å²) in [5, 5.41) is 1.09. The maximum absolute atomic E-state index is 5.95. The van der Waals surface area contributed by atoms with Crippen molar-refractivity contribution in [2.45, 2.75) is 57.5 Å². The largest absolute Gasteiger partial charge is 0.378 e. The zero-order valence-corrected chi connectivity index (χ0v) is 12.3. The highest BCUT2D eigenvalue weighted by atomic mass is 79.9. The third-order valence-electron chi connectivity index (χ3n) is 4.18. The molecule has 0 aromatic rings. The van der Waals surface area contributed by atoms with Crippen LogP contribution in [0, 0.1) is 5.41 Å². The van der Waals surface area contributed by atoms with Crippen LogP contribution in [-0.4, -0.2) is 31.3 Å². The average molecular weight is 305 g/mol. The van der Waals surface area contributed by atoms with E-state index in [1.165, 1.54) is 51.4 Å². The van der Waals surface area contributed by atoms with Crippen LogP contribution in [0.4, 0.5) is 0 Å². The summed E-state index contributed by atoms with van der Waals surface area (Å²) in [6.07, 6.45) is 10.9. The molecule has 17 heavy (non-hydrogen) atoms. The van der Waals surface area contributed by atoms with E-state index in [1.807, 2.05) is 0 Å². The SMILES string of the molecule is BrCC1(COCC2CCCCO2)CCCCC1. The van der Waals surface area contributed by atoms with Gasteiger partial charge in [0.05, 0.1) is 19.3 Å². The van der Waals surface area contributed by atoms with E-state index in [-0.39, 0.29) is 0 Å². The number of halogens is 1. The molecular formula is C14H25BrO2. The van der Waals surface area contributed by atoms with E-state index in [1.54, 1.807) is 0 Å². The third-order valence-corrected chi connectivity index (χ3v) is 5.37. The van der Waals surface area contributed by atoms with Crippen LogP contribution in [0.25, 0.3) is 0 Å². The van der Waals surface area contributed by atoms with Crippen LogP contribution >= 0.6 is 15.9 Å². The van der Waals surface area contributed by atoms with Gasteiger partial charge in [0.2, 0.25) is 0 Å². The highest BCUT2D eigenvalue weighted by Crippen LogP contribution is 2.38. The Balaban J connectivity index is 1.68. The first-order chi connectivity index (χ1) is 8.35. The van der Waals surface area contributed by atoms with Gasteiger partial charge in [0.1, 0.15) is 0 Å². The monoisotopic (exact) mass is 304 g/mol. The third kappa shape index (κ3) is 4.22. The van der Waals surface area contributed by atoms with E-state index in [0.29, 0.717) is 11.5 Å². The summed E-state index contributed by atoms with van der Waals surface area (Å²) in [7, 11) is 0. The molecule has 2 nitrogen and oxygen atoms in total. The molecule has 0 radical (unpaired) electrons. The van der Waals surface area contributed by atoms with Gasteiger partial charge in [-0.25, -0.2) is 0 Å². The number of alkyl halides is 1. The Morgan fingerprint density at radius 1 is 1.12 bits per heavy atom. The summed E-state index contributed by atoms with van der Waals surface area (Å²) in [6, 6.07) is 0. The fourth-order valence-corrected chi connectivity index (χ4v) is 3.69. The molecule has 3 heteroatoms. The Hall–Kier alpha value is 0.400. The first-order valence-electron chi connectivity index (χ1n) is 7.10. The quantitative estimate of drug-likeness (QED) is 0.717. The molecule has 100 valence electrons. The maximum Gasteiger partial charge on any atom is 0.0808 e. The van der Waals surface area contributed by atoms with Gasteiger partial charge in [0, 0.05) is 17.4 Å². The van der Waals surface area contributed by atoms with Gasteiger partial charge in [-0.15, -0.1) is 0 Å². The van der Waals surface area contributed by atoms with Crippen LogP contribution in [-0.2, 0) is 9.47 Å². The van der Waals surface area contributed by atoms with Gasteiger partial charge in [0.15, 0.2) is 0 Å².